The topological polar surface area (TPSA) is 222 Å². The maximum atomic E-state index is 14.6. The predicted octanol–water partition coefficient (Wildman–Crippen LogP) is 6.40. The van der Waals surface area contributed by atoms with Crippen LogP contribution in [0.3, 0.4) is 0 Å². The van der Waals surface area contributed by atoms with E-state index in [1.165, 1.54) is 22.3 Å². The molecule has 2 saturated heterocycles. The average Bonchev–Trinajstić information content (AvgIpc) is 3.97. The predicted molar refractivity (Wildman–Crippen MR) is 339 cm³/mol. The van der Waals surface area contributed by atoms with Gasteiger partial charge in [-0.2, -0.15) is 0 Å². The number of likely N-dealkylation sites (N-methyl/N-ethyl adjacent to an activating group) is 2. The first-order chi connectivity index (χ1) is 42.7. The molecule has 18 nitrogen and oxygen atoms in total. The van der Waals surface area contributed by atoms with Gasteiger partial charge in [0.2, 0.25) is 29.5 Å². The summed E-state index contributed by atoms with van der Waals surface area (Å²) in [5.41, 5.74) is 8.46. The van der Waals surface area contributed by atoms with Gasteiger partial charge >= 0.3 is 0 Å². The van der Waals surface area contributed by atoms with Crippen LogP contribution in [-0.2, 0) is 54.5 Å². The molecule has 8 amide bonds. The monoisotopic (exact) mass is 1200 g/mol. The van der Waals surface area contributed by atoms with Crippen LogP contribution in [0.5, 0.6) is 0 Å². The number of likely N-dealkylation sites (tertiary alicyclic amines) is 2. The van der Waals surface area contributed by atoms with Gasteiger partial charge in [0.25, 0.3) is 17.7 Å². The van der Waals surface area contributed by atoms with E-state index >= 15 is 0 Å². The molecule has 6 N–H and O–H groups in total. The zero-order chi connectivity index (χ0) is 61.8. The number of rotatable bonds is 22. The van der Waals surface area contributed by atoms with Gasteiger partial charge in [-0.05, 0) is 187 Å². The van der Waals surface area contributed by atoms with E-state index in [2.05, 4.69) is 56.2 Å². The molecular weight excluding hydrogens is 1110 g/mol. The zero-order valence-corrected chi connectivity index (χ0v) is 51.9. The number of carbonyl (C=O) groups excluding carboxylic acids is 8. The van der Waals surface area contributed by atoms with Crippen LogP contribution in [0.1, 0.15) is 147 Å². The lowest BCUT2D eigenvalue weighted by Gasteiger charge is -2.38. The van der Waals surface area contributed by atoms with Crippen LogP contribution < -0.4 is 31.9 Å². The minimum atomic E-state index is -0.634. The quantitative estimate of drug-likeness (QED) is 0.0476. The van der Waals surface area contributed by atoms with Gasteiger partial charge in [0.05, 0.1) is 25.2 Å². The molecule has 0 spiro atoms. The van der Waals surface area contributed by atoms with Crippen LogP contribution in [0, 0.1) is 5.92 Å². The Hall–Kier alpha value is -7.70. The molecule has 2 aliphatic heterocycles. The van der Waals surface area contributed by atoms with E-state index in [1.54, 1.807) is 52.2 Å². The Morgan fingerprint density at radius 2 is 0.943 bits per heavy atom. The Balaban J connectivity index is 0.759. The maximum Gasteiger partial charge on any atom is 0.270 e. The Labute approximate surface area is 518 Å². The van der Waals surface area contributed by atoms with Crippen LogP contribution >= 0.6 is 0 Å². The Kier molecular flexibility index (Phi) is 21.3. The van der Waals surface area contributed by atoms with Gasteiger partial charge in [0.15, 0.2) is 0 Å². The summed E-state index contributed by atoms with van der Waals surface area (Å²) in [4.78, 5) is 120. The van der Waals surface area contributed by atoms with Crippen LogP contribution in [0.15, 0.2) is 108 Å². The molecular formula is C70H90N10O8. The summed E-state index contributed by atoms with van der Waals surface area (Å²) in [5, 5.41) is 17.9. The van der Waals surface area contributed by atoms with Gasteiger partial charge in [0, 0.05) is 61.5 Å². The molecule has 4 fully saturated rings. The molecule has 10 rings (SSSR count). The molecule has 468 valence electrons. The summed E-state index contributed by atoms with van der Waals surface area (Å²) in [5.74, 6) is -1.95. The van der Waals surface area contributed by atoms with E-state index < -0.39 is 29.9 Å². The second-order valence-electron chi connectivity index (χ2n) is 25.3. The van der Waals surface area contributed by atoms with Crippen molar-refractivity contribution in [2.45, 2.75) is 172 Å². The van der Waals surface area contributed by atoms with Crippen LogP contribution in [0.4, 0.5) is 0 Å². The number of allylic oxidation sites excluding steroid dienone is 1. The largest absolute Gasteiger partial charge is 0.343 e. The fourth-order valence-corrected chi connectivity index (χ4v) is 14.3. The second kappa shape index (κ2) is 29.5. The highest BCUT2D eigenvalue weighted by Gasteiger charge is 2.42. The standard InChI is InChI=1S/C70H90N10O8/c1-45(71-3)65(83)75-63(49-17-7-5-8-18-49)69(87)77-35-15-25-57(77)43-79(59-37-53-21-11-12-22-54(53)38-59)61(81)41-73-67(85)51-31-27-47(28-32-51)48-29-33-52(34-30-48)68(86)74-42-62(82)80(60-39-55-23-13-14-24-56(55)40-60)44-58-26-16-36-78(58)70(88)64(50-19-9-6-10-20-50)76-66(84)46(2)72-4/h11-14,21-24,27-34,45-46,49,57-60,63,71-72H,5-10,15-20,25-26,35-44H2,1-4H3,(H,73,85)(H,74,86)(H,75,83)(H,76,84)/t45-,46-,57-,58-,63-/m0/s1. The van der Waals surface area contributed by atoms with Crippen molar-refractivity contribution in [3.63, 3.8) is 0 Å². The lowest BCUT2D eigenvalue weighted by atomic mass is 9.83. The van der Waals surface area contributed by atoms with E-state index in [4.69, 9.17) is 0 Å². The van der Waals surface area contributed by atoms with Gasteiger partial charge in [-0.3, -0.25) is 38.4 Å². The van der Waals surface area contributed by atoms with Gasteiger partial charge in [-0.25, -0.2) is 0 Å². The molecule has 2 saturated carbocycles. The van der Waals surface area contributed by atoms with Gasteiger partial charge < -0.3 is 51.5 Å². The molecule has 88 heavy (non-hydrogen) atoms. The van der Waals surface area contributed by atoms with E-state index in [0.29, 0.717) is 75.1 Å². The summed E-state index contributed by atoms with van der Waals surface area (Å²) in [6.45, 7) is 4.80. The van der Waals surface area contributed by atoms with Crippen molar-refractivity contribution in [2.75, 3.05) is 53.4 Å². The fourth-order valence-electron chi connectivity index (χ4n) is 14.3. The van der Waals surface area contributed by atoms with Gasteiger partial charge in [-0.15, -0.1) is 0 Å². The highest BCUT2D eigenvalue weighted by Crippen LogP contribution is 2.34. The number of nitrogens with zero attached hydrogens (tertiary/aromatic N) is 4. The second-order valence-corrected chi connectivity index (χ2v) is 25.3. The number of nitrogens with one attached hydrogen (secondary N) is 6. The number of fused-ring (bicyclic) bond motifs is 2. The van der Waals surface area contributed by atoms with E-state index in [9.17, 15) is 38.4 Å². The summed E-state index contributed by atoms with van der Waals surface area (Å²) >= 11 is 0. The molecule has 0 radical (unpaired) electrons. The fraction of sp³-hybridized carbons (Fsp3) is 0.514. The number of hydrogen-bond acceptors (Lipinski definition) is 10. The summed E-state index contributed by atoms with van der Waals surface area (Å²) < 4.78 is 0. The minimum absolute atomic E-state index is 0.0493. The third-order valence-electron chi connectivity index (χ3n) is 19.7. The highest BCUT2D eigenvalue weighted by atomic mass is 16.2. The van der Waals surface area contributed by atoms with Crippen molar-refractivity contribution in [2.24, 2.45) is 5.92 Å². The molecule has 5 atom stereocenters. The van der Waals surface area contributed by atoms with Crippen molar-refractivity contribution < 1.29 is 38.4 Å². The van der Waals surface area contributed by atoms with Gasteiger partial charge in [-0.1, -0.05) is 98.5 Å². The third kappa shape index (κ3) is 15.1. The molecule has 6 aliphatic rings. The third-order valence-corrected chi connectivity index (χ3v) is 19.7. The van der Waals surface area contributed by atoms with E-state index in [0.717, 1.165) is 100 Å². The first-order valence-corrected chi connectivity index (χ1v) is 32.5. The van der Waals surface area contributed by atoms with Gasteiger partial charge in [0.1, 0.15) is 11.7 Å². The molecule has 4 aliphatic carbocycles. The molecule has 0 aromatic heterocycles. The molecule has 2 heterocycles. The summed E-state index contributed by atoms with van der Waals surface area (Å²) in [6, 6.07) is 28.2. The van der Waals surface area contributed by atoms with Crippen LogP contribution in [0.2, 0.25) is 0 Å². The number of carbonyl (C=O) groups is 8. The van der Waals surface area contributed by atoms with Crippen molar-refractivity contribution in [1.82, 2.24) is 51.5 Å². The SMILES string of the molecule is CN[C@@H](C)C(=O)NC(C(=O)N1CCC[C@H]1CN(C(=O)CNC(=O)c1ccc(-c2ccc(C(=O)NCC(=O)N(C[C@@H]3CCCN3C(=O)[C@@H](NC(=O)[C@H](C)NC)C3CCCCC3)C3Cc4ccccc4C3)cc2)cc1)C1Cc2ccccc2C1)=C1CCCCC1. The zero-order valence-electron chi connectivity index (χ0n) is 51.9. The first kappa shape index (κ1) is 63.3. The van der Waals surface area contributed by atoms with Crippen molar-refractivity contribution >= 4 is 47.3 Å². The molecule has 0 unspecified atom stereocenters. The molecule has 4 aromatic rings. The maximum absolute atomic E-state index is 14.6. The first-order valence-electron chi connectivity index (χ1n) is 32.5. The Bertz CT molecular complexity index is 3160. The van der Waals surface area contributed by atoms with Crippen LogP contribution in [-0.4, -0.2) is 163 Å². The van der Waals surface area contributed by atoms with Crippen molar-refractivity contribution in [3.05, 3.63) is 142 Å². The lowest BCUT2D eigenvalue weighted by Crippen LogP contribution is -2.58. The molecule has 4 aromatic carbocycles. The van der Waals surface area contributed by atoms with Crippen LogP contribution in [0.25, 0.3) is 11.1 Å². The smallest absolute Gasteiger partial charge is 0.270 e. The van der Waals surface area contributed by atoms with Crippen molar-refractivity contribution in [1.29, 1.82) is 0 Å². The lowest BCUT2D eigenvalue weighted by molar-refractivity contribution is -0.141. The number of benzene rings is 4. The average molecular weight is 1200 g/mol. The Morgan fingerprint density at radius 3 is 1.41 bits per heavy atom. The number of hydrogen-bond donors (Lipinski definition) is 6. The summed E-state index contributed by atoms with van der Waals surface area (Å²) in [6.07, 6.45) is 15.1. The van der Waals surface area contributed by atoms with Crippen molar-refractivity contribution in [3.8, 4) is 11.1 Å². The van der Waals surface area contributed by atoms with E-state index in [-0.39, 0.29) is 78.6 Å². The Morgan fingerprint density at radius 1 is 0.511 bits per heavy atom. The highest BCUT2D eigenvalue weighted by molar-refractivity contribution is 6.00. The summed E-state index contributed by atoms with van der Waals surface area (Å²) in [7, 11) is 3.45. The van der Waals surface area contributed by atoms with E-state index in [1.807, 2.05) is 68.1 Å². The minimum Gasteiger partial charge on any atom is -0.343 e. The number of amides is 8. The molecule has 0 bridgehead atoms. The normalized spacial score (nSPS) is 19.7. The molecule has 18 heteroatoms.